The summed E-state index contributed by atoms with van der Waals surface area (Å²) in [7, 11) is 0. The Morgan fingerprint density at radius 3 is 2.80 bits per heavy atom. The molecule has 0 atom stereocenters. The largest absolute Gasteiger partial charge is 0.363 e. The highest BCUT2D eigenvalue weighted by Crippen LogP contribution is 2.29. The first-order valence-electron chi connectivity index (χ1n) is 6.05. The van der Waals surface area contributed by atoms with Crippen LogP contribution >= 0.6 is 22.7 Å². The fraction of sp³-hybridized carbons (Fsp3) is 0.250. The molecule has 3 rings (SSSR count). The molecule has 3 aromatic heterocycles. The molecule has 8 heteroatoms. The molecule has 0 aliphatic carbocycles. The quantitative estimate of drug-likeness (QED) is 0.507. The lowest BCUT2D eigenvalue weighted by atomic mass is 10.3. The highest BCUT2D eigenvalue weighted by molar-refractivity contribution is 7.18. The van der Waals surface area contributed by atoms with Crippen LogP contribution in [0.2, 0.25) is 0 Å². The zero-order chi connectivity index (χ0) is 14.1. The Morgan fingerprint density at radius 1 is 1.25 bits per heavy atom. The predicted molar refractivity (Wildman–Crippen MR) is 84.1 cm³/mol. The van der Waals surface area contributed by atoms with Gasteiger partial charge in [-0.25, -0.2) is 15.8 Å². The molecule has 0 spiro atoms. The van der Waals surface area contributed by atoms with E-state index >= 15 is 0 Å². The van der Waals surface area contributed by atoms with Gasteiger partial charge in [-0.15, -0.1) is 22.7 Å². The number of thiazole rings is 1. The number of nitrogens with two attached hydrogens (primary N) is 1. The topological polar surface area (TPSA) is 88.8 Å². The van der Waals surface area contributed by atoms with Gasteiger partial charge in [0.15, 0.2) is 0 Å². The summed E-state index contributed by atoms with van der Waals surface area (Å²) >= 11 is 3.26. The molecule has 0 radical (unpaired) electrons. The second kappa shape index (κ2) is 5.31. The van der Waals surface area contributed by atoms with Gasteiger partial charge >= 0.3 is 0 Å². The third-order valence-corrected chi connectivity index (χ3v) is 4.63. The SMILES string of the molecule is Cc1csc(CNc2nc(NN)nc3sc(C)cc23)n1. The van der Waals surface area contributed by atoms with Crippen molar-refractivity contribution in [3.63, 3.8) is 0 Å². The lowest BCUT2D eigenvalue weighted by Gasteiger charge is -2.06. The number of nitrogen functional groups attached to an aromatic ring is 1. The third kappa shape index (κ3) is 2.58. The summed E-state index contributed by atoms with van der Waals surface area (Å²) in [5, 5.41) is 7.39. The summed E-state index contributed by atoms with van der Waals surface area (Å²) in [6.07, 6.45) is 0. The second-order valence-corrected chi connectivity index (χ2v) is 6.53. The van der Waals surface area contributed by atoms with Gasteiger partial charge in [-0.2, -0.15) is 4.98 Å². The van der Waals surface area contributed by atoms with Crippen molar-refractivity contribution in [3.05, 3.63) is 27.0 Å². The van der Waals surface area contributed by atoms with Gasteiger partial charge in [0.25, 0.3) is 0 Å². The highest BCUT2D eigenvalue weighted by atomic mass is 32.1. The number of aromatic nitrogens is 3. The van der Waals surface area contributed by atoms with Crippen LogP contribution in [0, 0.1) is 13.8 Å². The molecular weight excluding hydrogens is 292 g/mol. The van der Waals surface area contributed by atoms with E-state index in [1.165, 1.54) is 4.88 Å². The summed E-state index contributed by atoms with van der Waals surface area (Å²) < 4.78 is 0. The molecule has 0 unspecified atom stereocenters. The number of aryl methyl sites for hydroxylation is 2. The lowest BCUT2D eigenvalue weighted by Crippen LogP contribution is -2.12. The van der Waals surface area contributed by atoms with E-state index in [0.717, 1.165) is 26.7 Å². The van der Waals surface area contributed by atoms with Crippen molar-refractivity contribution in [1.82, 2.24) is 15.0 Å². The van der Waals surface area contributed by atoms with E-state index in [2.05, 4.69) is 38.7 Å². The maximum absolute atomic E-state index is 5.42. The summed E-state index contributed by atoms with van der Waals surface area (Å²) in [5.74, 6) is 6.61. The van der Waals surface area contributed by atoms with Crippen molar-refractivity contribution >= 4 is 44.7 Å². The zero-order valence-electron chi connectivity index (χ0n) is 11.1. The van der Waals surface area contributed by atoms with E-state index < -0.39 is 0 Å². The van der Waals surface area contributed by atoms with Crippen molar-refractivity contribution < 1.29 is 0 Å². The van der Waals surface area contributed by atoms with E-state index in [-0.39, 0.29) is 0 Å². The predicted octanol–water partition coefficient (Wildman–Crippen LogP) is 2.66. The smallest absolute Gasteiger partial charge is 0.240 e. The molecule has 0 aliphatic rings. The molecule has 0 fully saturated rings. The summed E-state index contributed by atoms with van der Waals surface area (Å²) in [5.41, 5.74) is 3.54. The molecule has 0 aromatic carbocycles. The molecular formula is C12H14N6S2. The Bertz CT molecular complexity index is 748. The van der Waals surface area contributed by atoms with Crippen LogP contribution < -0.4 is 16.6 Å². The number of anilines is 2. The monoisotopic (exact) mass is 306 g/mol. The van der Waals surface area contributed by atoms with Crippen molar-refractivity contribution in [2.75, 3.05) is 10.7 Å². The average molecular weight is 306 g/mol. The number of thiophene rings is 1. The van der Waals surface area contributed by atoms with Crippen LogP contribution in [-0.2, 0) is 6.54 Å². The number of nitrogens with zero attached hydrogens (tertiary/aromatic N) is 3. The number of rotatable bonds is 4. The summed E-state index contributed by atoms with van der Waals surface area (Å²) in [6, 6.07) is 2.08. The Morgan fingerprint density at radius 2 is 2.10 bits per heavy atom. The van der Waals surface area contributed by atoms with E-state index in [0.29, 0.717) is 12.5 Å². The van der Waals surface area contributed by atoms with Crippen LogP contribution in [0.15, 0.2) is 11.4 Å². The molecule has 20 heavy (non-hydrogen) atoms. The van der Waals surface area contributed by atoms with Crippen molar-refractivity contribution in [3.8, 4) is 0 Å². The van der Waals surface area contributed by atoms with Crippen molar-refractivity contribution in [1.29, 1.82) is 0 Å². The number of hydrazine groups is 1. The van der Waals surface area contributed by atoms with E-state index in [1.807, 2.05) is 12.3 Å². The van der Waals surface area contributed by atoms with Crippen molar-refractivity contribution in [2.45, 2.75) is 20.4 Å². The molecule has 0 amide bonds. The average Bonchev–Trinajstić information content (AvgIpc) is 3.00. The second-order valence-electron chi connectivity index (χ2n) is 4.35. The standard InChI is InChI=1S/C12H14N6S2/c1-6-5-19-9(15-6)4-14-10-8-3-7(2)20-11(8)17-12(16-10)18-13/h3,5H,4,13H2,1-2H3,(H2,14,16,17,18). The summed E-state index contributed by atoms with van der Waals surface area (Å²) in [4.78, 5) is 15.3. The van der Waals surface area contributed by atoms with Gasteiger partial charge < -0.3 is 5.32 Å². The minimum atomic E-state index is 0.414. The third-order valence-electron chi connectivity index (χ3n) is 2.72. The molecule has 6 nitrogen and oxygen atoms in total. The molecule has 0 bridgehead atoms. The first-order chi connectivity index (χ1) is 9.65. The fourth-order valence-electron chi connectivity index (χ4n) is 1.88. The molecule has 3 aromatic rings. The van der Waals surface area contributed by atoms with Crippen LogP contribution in [0.5, 0.6) is 0 Å². The van der Waals surface area contributed by atoms with Gasteiger partial charge in [-0.1, -0.05) is 0 Å². The normalized spacial score (nSPS) is 10.9. The maximum atomic E-state index is 5.42. The first kappa shape index (κ1) is 13.2. The van der Waals surface area contributed by atoms with Gasteiger partial charge in [-0.3, -0.25) is 5.43 Å². The molecule has 0 saturated heterocycles. The Kier molecular flexibility index (Phi) is 3.51. The highest BCUT2D eigenvalue weighted by Gasteiger charge is 2.10. The van der Waals surface area contributed by atoms with Gasteiger partial charge in [0.1, 0.15) is 15.7 Å². The van der Waals surface area contributed by atoms with Crippen LogP contribution in [0.4, 0.5) is 11.8 Å². The van der Waals surface area contributed by atoms with Crippen LogP contribution in [0.25, 0.3) is 10.2 Å². The fourth-order valence-corrected chi connectivity index (χ4v) is 3.48. The van der Waals surface area contributed by atoms with Crippen LogP contribution in [-0.4, -0.2) is 15.0 Å². The number of hydrogen-bond donors (Lipinski definition) is 3. The summed E-state index contributed by atoms with van der Waals surface area (Å²) in [6.45, 7) is 4.68. The molecule has 104 valence electrons. The number of nitrogens with one attached hydrogen (secondary N) is 2. The van der Waals surface area contributed by atoms with Gasteiger partial charge in [0.2, 0.25) is 5.95 Å². The Hall–Kier alpha value is -1.77. The minimum absolute atomic E-state index is 0.414. The minimum Gasteiger partial charge on any atom is -0.363 e. The molecule has 0 aliphatic heterocycles. The molecule has 4 N–H and O–H groups in total. The first-order valence-corrected chi connectivity index (χ1v) is 7.75. The van der Waals surface area contributed by atoms with Gasteiger partial charge in [0, 0.05) is 16.0 Å². The van der Waals surface area contributed by atoms with Crippen molar-refractivity contribution in [2.24, 2.45) is 5.84 Å². The van der Waals surface area contributed by atoms with Crippen LogP contribution in [0.1, 0.15) is 15.6 Å². The molecule has 0 saturated carbocycles. The van der Waals surface area contributed by atoms with Gasteiger partial charge in [-0.05, 0) is 19.9 Å². The molecule has 3 heterocycles. The van der Waals surface area contributed by atoms with Crippen LogP contribution in [0.3, 0.4) is 0 Å². The van der Waals surface area contributed by atoms with Gasteiger partial charge in [0.05, 0.1) is 11.9 Å². The lowest BCUT2D eigenvalue weighted by molar-refractivity contribution is 1.05. The number of hydrogen-bond acceptors (Lipinski definition) is 8. The van der Waals surface area contributed by atoms with E-state index in [9.17, 15) is 0 Å². The number of fused-ring (bicyclic) bond motifs is 1. The Labute approximate surface area is 124 Å². The zero-order valence-corrected chi connectivity index (χ0v) is 12.7. The maximum Gasteiger partial charge on any atom is 0.240 e. The van der Waals surface area contributed by atoms with E-state index in [1.54, 1.807) is 22.7 Å². The Balaban J connectivity index is 1.92. The van der Waals surface area contributed by atoms with E-state index in [4.69, 9.17) is 5.84 Å².